The van der Waals surface area contributed by atoms with Crippen LogP contribution in [0.5, 0.6) is 0 Å². The van der Waals surface area contributed by atoms with E-state index in [2.05, 4.69) is 15.3 Å². The van der Waals surface area contributed by atoms with Crippen molar-refractivity contribution in [2.45, 2.75) is 23.2 Å². The van der Waals surface area contributed by atoms with Crippen molar-refractivity contribution >= 4 is 35.1 Å². The zero-order valence-corrected chi connectivity index (χ0v) is 16.1. The molecule has 142 valence electrons. The lowest BCUT2D eigenvalue weighted by Gasteiger charge is -2.25. The molecule has 5 nitrogen and oxygen atoms in total. The molecular formula is C20H15ClFN3O2S. The molecule has 0 bridgehead atoms. The highest BCUT2D eigenvalue weighted by Crippen LogP contribution is 2.37. The van der Waals surface area contributed by atoms with Gasteiger partial charge in [0.15, 0.2) is 5.16 Å². The predicted octanol–water partition coefficient (Wildman–Crippen LogP) is 4.33. The van der Waals surface area contributed by atoms with Gasteiger partial charge in [-0.15, -0.1) is 0 Å². The molecule has 1 atom stereocenters. The molecule has 0 saturated heterocycles. The normalized spacial score (nSPS) is 15.8. The molecule has 1 unspecified atom stereocenters. The van der Waals surface area contributed by atoms with Gasteiger partial charge in [-0.25, -0.2) is 9.37 Å². The fourth-order valence-corrected chi connectivity index (χ4v) is 4.32. The molecule has 4 rings (SSSR count). The van der Waals surface area contributed by atoms with Gasteiger partial charge in [-0.3, -0.25) is 9.59 Å². The molecule has 1 aromatic heterocycles. The first-order chi connectivity index (χ1) is 13.5. The molecule has 0 aliphatic carbocycles. The fourth-order valence-electron chi connectivity index (χ4n) is 3.20. The van der Waals surface area contributed by atoms with Gasteiger partial charge in [-0.1, -0.05) is 59.8 Å². The van der Waals surface area contributed by atoms with E-state index in [0.717, 1.165) is 0 Å². The third-order valence-corrected chi connectivity index (χ3v) is 5.80. The Morgan fingerprint density at radius 2 is 1.89 bits per heavy atom. The van der Waals surface area contributed by atoms with Crippen LogP contribution in [0.2, 0.25) is 5.02 Å². The van der Waals surface area contributed by atoms with Crippen LogP contribution < -0.4 is 10.9 Å². The molecule has 1 amide bonds. The molecule has 2 heterocycles. The number of hydrogen-bond acceptors (Lipinski definition) is 4. The number of halogens is 2. The number of fused-ring (bicyclic) bond motifs is 1. The molecule has 0 spiro atoms. The van der Waals surface area contributed by atoms with Gasteiger partial charge in [0.25, 0.3) is 5.56 Å². The molecule has 8 heteroatoms. The van der Waals surface area contributed by atoms with Crippen molar-refractivity contribution in [2.75, 3.05) is 5.32 Å². The van der Waals surface area contributed by atoms with Gasteiger partial charge in [0, 0.05) is 23.1 Å². The summed E-state index contributed by atoms with van der Waals surface area (Å²) in [4.78, 5) is 32.1. The van der Waals surface area contributed by atoms with Crippen molar-refractivity contribution in [1.82, 2.24) is 9.97 Å². The average molecular weight is 416 g/mol. The van der Waals surface area contributed by atoms with Gasteiger partial charge in [-0.2, -0.15) is 0 Å². The molecule has 1 aliphatic heterocycles. The number of aromatic amines is 1. The molecule has 3 aromatic rings. The summed E-state index contributed by atoms with van der Waals surface area (Å²) in [7, 11) is 0. The topological polar surface area (TPSA) is 74.8 Å². The van der Waals surface area contributed by atoms with Crippen LogP contribution >= 0.6 is 23.4 Å². The number of anilines is 1. The minimum atomic E-state index is -0.473. The maximum atomic E-state index is 13.8. The quantitative estimate of drug-likeness (QED) is 0.491. The van der Waals surface area contributed by atoms with E-state index in [-0.39, 0.29) is 29.5 Å². The Labute approximate surface area is 169 Å². The Bertz CT molecular complexity index is 1120. The van der Waals surface area contributed by atoms with E-state index in [1.165, 1.54) is 17.8 Å². The van der Waals surface area contributed by atoms with Crippen molar-refractivity contribution in [1.29, 1.82) is 0 Å². The van der Waals surface area contributed by atoms with E-state index in [9.17, 15) is 14.0 Å². The Hall–Kier alpha value is -2.64. The number of thioether (sulfide) groups is 1. The molecule has 0 radical (unpaired) electrons. The third-order valence-electron chi connectivity index (χ3n) is 4.53. The number of amides is 1. The Morgan fingerprint density at radius 1 is 1.14 bits per heavy atom. The standard InChI is InChI=1S/C20H15ClFN3O2S/c21-14-7-3-2-6-12(14)13-9-16(26)23-18-17(13)19(27)25-20(24-18)28-10-11-5-1-4-8-15(11)22/h1-8,13H,9-10H2,(H2,23,24,25,26,27). The number of aromatic nitrogens is 2. The van der Waals surface area contributed by atoms with Crippen molar-refractivity contribution in [3.05, 3.63) is 86.4 Å². The molecule has 0 saturated carbocycles. The molecule has 28 heavy (non-hydrogen) atoms. The summed E-state index contributed by atoms with van der Waals surface area (Å²) in [6, 6.07) is 13.6. The molecule has 2 aromatic carbocycles. The monoisotopic (exact) mass is 415 g/mol. The van der Waals surface area contributed by atoms with E-state index in [1.807, 2.05) is 6.07 Å². The second-order valence-electron chi connectivity index (χ2n) is 6.34. The van der Waals surface area contributed by atoms with Crippen molar-refractivity contribution in [2.24, 2.45) is 0 Å². The van der Waals surface area contributed by atoms with Crippen LogP contribution in [0.15, 0.2) is 58.5 Å². The number of nitrogens with zero attached hydrogens (tertiary/aromatic N) is 1. The van der Waals surface area contributed by atoms with E-state index in [0.29, 0.717) is 32.6 Å². The number of nitrogens with one attached hydrogen (secondary N) is 2. The first-order valence-corrected chi connectivity index (χ1v) is 9.94. The highest BCUT2D eigenvalue weighted by Gasteiger charge is 2.32. The Kier molecular flexibility index (Phi) is 5.19. The van der Waals surface area contributed by atoms with Crippen LogP contribution in [0.25, 0.3) is 0 Å². The SMILES string of the molecule is O=C1CC(c2ccccc2Cl)c2c(nc(SCc3ccccc3F)[nH]c2=O)N1. The fraction of sp³-hybridized carbons (Fsp3) is 0.150. The lowest BCUT2D eigenvalue weighted by atomic mass is 9.87. The lowest BCUT2D eigenvalue weighted by molar-refractivity contribution is -0.116. The number of carbonyl (C=O) groups is 1. The maximum absolute atomic E-state index is 13.8. The van der Waals surface area contributed by atoms with Crippen LogP contribution in [0.4, 0.5) is 10.2 Å². The number of hydrogen-bond donors (Lipinski definition) is 2. The summed E-state index contributed by atoms with van der Waals surface area (Å²) in [6.45, 7) is 0. The summed E-state index contributed by atoms with van der Waals surface area (Å²) >= 11 is 7.48. The Balaban J connectivity index is 1.68. The molecule has 0 fully saturated rings. The number of carbonyl (C=O) groups excluding carboxylic acids is 1. The first-order valence-electron chi connectivity index (χ1n) is 8.57. The van der Waals surface area contributed by atoms with Crippen molar-refractivity contribution < 1.29 is 9.18 Å². The van der Waals surface area contributed by atoms with E-state index in [1.54, 1.807) is 36.4 Å². The van der Waals surface area contributed by atoms with Crippen LogP contribution in [-0.4, -0.2) is 15.9 Å². The van der Waals surface area contributed by atoms with Gasteiger partial charge in [0.1, 0.15) is 11.6 Å². The van der Waals surface area contributed by atoms with Crippen LogP contribution in [-0.2, 0) is 10.5 Å². The predicted molar refractivity (Wildman–Crippen MR) is 107 cm³/mol. The summed E-state index contributed by atoms with van der Waals surface area (Å²) in [5.74, 6) is -0.501. The molecule has 2 N–H and O–H groups in total. The van der Waals surface area contributed by atoms with Gasteiger partial charge in [0.2, 0.25) is 5.91 Å². The second-order valence-corrected chi connectivity index (χ2v) is 7.71. The second kappa shape index (κ2) is 7.77. The summed E-state index contributed by atoms with van der Waals surface area (Å²) in [6.07, 6.45) is 0.114. The Morgan fingerprint density at radius 3 is 2.68 bits per heavy atom. The third kappa shape index (κ3) is 3.68. The lowest BCUT2D eigenvalue weighted by Crippen LogP contribution is -2.31. The summed E-state index contributed by atoms with van der Waals surface area (Å²) in [5.41, 5.74) is 1.25. The number of H-pyrrole nitrogens is 1. The van der Waals surface area contributed by atoms with Gasteiger partial charge < -0.3 is 10.3 Å². The zero-order chi connectivity index (χ0) is 19.7. The van der Waals surface area contributed by atoms with Gasteiger partial charge >= 0.3 is 0 Å². The van der Waals surface area contributed by atoms with Crippen molar-refractivity contribution in [3.63, 3.8) is 0 Å². The summed E-state index contributed by atoms with van der Waals surface area (Å²) < 4.78 is 13.8. The highest BCUT2D eigenvalue weighted by atomic mass is 35.5. The van der Waals surface area contributed by atoms with Gasteiger partial charge in [-0.05, 0) is 23.3 Å². The first kappa shape index (κ1) is 18.7. The van der Waals surface area contributed by atoms with E-state index in [4.69, 9.17) is 11.6 Å². The number of rotatable bonds is 4. The highest BCUT2D eigenvalue weighted by molar-refractivity contribution is 7.98. The van der Waals surface area contributed by atoms with Crippen LogP contribution in [0.1, 0.15) is 29.0 Å². The van der Waals surface area contributed by atoms with Crippen molar-refractivity contribution in [3.8, 4) is 0 Å². The maximum Gasteiger partial charge on any atom is 0.257 e. The minimum absolute atomic E-state index is 0.114. The zero-order valence-electron chi connectivity index (χ0n) is 14.5. The van der Waals surface area contributed by atoms with Crippen LogP contribution in [0, 0.1) is 5.82 Å². The van der Waals surface area contributed by atoms with Gasteiger partial charge in [0.05, 0.1) is 5.56 Å². The molecule has 1 aliphatic rings. The molecular weight excluding hydrogens is 401 g/mol. The summed E-state index contributed by atoms with van der Waals surface area (Å²) in [5, 5.41) is 3.47. The van der Waals surface area contributed by atoms with E-state index >= 15 is 0 Å². The minimum Gasteiger partial charge on any atom is -0.310 e. The largest absolute Gasteiger partial charge is 0.310 e. The smallest absolute Gasteiger partial charge is 0.257 e. The average Bonchev–Trinajstić information content (AvgIpc) is 2.67. The van der Waals surface area contributed by atoms with E-state index < -0.39 is 5.92 Å². The number of benzene rings is 2. The van der Waals surface area contributed by atoms with Crippen LogP contribution in [0.3, 0.4) is 0 Å².